The monoisotopic (exact) mass is 327 g/mol. The Morgan fingerprint density at radius 2 is 2.04 bits per heavy atom. The molecule has 23 heavy (non-hydrogen) atoms. The second-order valence-corrected chi connectivity index (χ2v) is 6.17. The van der Waals surface area contributed by atoms with Gasteiger partial charge in [0.15, 0.2) is 0 Å². The number of benzene rings is 1. The van der Waals surface area contributed by atoms with Crippen LogP contribution in [-0.2, 0) is 11.8 Å². The molecule has 0 radical (unpaired) electrons. The molecule has 0 aliphatic carbocycles. The lowest BCUT2D eigenvalue weighted by Gasteiger charge is -2.06. The third-order valence-electron chi connectivity index (χ3n) is 3.62. The first-order valence-corrected chi connectivity index (χ1v) is 8.17. The zero-order valence-electron chi connectivity index (χ0n) is 13.2. The number of nitrogens with one attached hydrogen (secondary N) is 1. The van der Waals surface area contributed by atoms with E-state index in [1.54, 1.807) is 4.68 Å². The first-order valence-electron chi connectivity index (χ1n) is 7.19. The number of para-hydroxylation sites is 1. The molecule has 0 bridgehead atoms. The van der Waals surface area contributed by atoms with Crippen molar-refractivity contribution in [3.63, 3.8) is 0 Å². The van der Waals surface area contributed by atoms with Crippen LogP contribution >= 0.6 is 11.8 Å². The third kappa shape index (κ3) is 3.19. The summed E-state index contributed by atoms with van der Waals surface area (Å²) in [6, 6.07) is 7.77. The Morgan fingerprint density at radius 1 is 1.26 bits per heavy atom. The van der Waals surface area contributed by atoms with Gasteiger partial charge in [-0.2, -0.15) is 5.10 Å². The second kappa shape index (κ2) is 6.37. The molecule has 1 amide bonds. The summed E-state index contributed by atoms with van der Waals surface area (Å²) in [5, 5.41) is 9.00. The maximum atomic E-state index is 12.2. The minimum absolute atomic E-state index is 0.0723. The number of carbonyl (C=O) groups is 1. The van der Waals surface area contributed by atoms with Gasteiger partial charge in [-0.1, -0.05) is 30.0 Å². The van der Waals surface area contributed by atoms with Crippen molar-refractivity contribution in [3.8, 4) is 0 Å². The van der Waals surface area contributed by atoms with Gasteiger partial charge in [0.1, 0.15) is 11.4 Å². The average molecular weight is 327 g/mol. The van der Waals surface area contributed by atoms with E-state index < -0.39 is 0 Å². The molecular weight excluding hydrogens is 310 g/mol. The Hall–Kier alpha value is -2.41. The molecule has 2 heterocycles. The van der Waals surface area contributed by atoms with Gasteiger partial charge in [0.05, 0.1) is 28.3 Å². The molecule has 0 fully saturated rings. The quantitative estimate of drug-likeness (QED) is 0.589. The first kappa shape index (κ1) is 15.5. The van der Waals surface area contributed by atoms with Crippen LogP contribution in [0.1, 0.15) is 11.4 Å². The van der Waals surface area contributed by atoms with Crippen LogP contribution in [0.15, 0.2) is 35.6 Å². The fourth-order valence-corrected chi connectivity index (χ4v) is 3.15. The van der Waals surface area contributed by atoms with Gasteiger partial charge in [0.25, 0.3) is 0 Å². The highest BCUT2D eigenvalue weighted by Crippen LogP contribution is 2.25. The highest BCUT2D eigenvalue weighted by molar-refractivity contribution is 8.00. The molecule has 3 aromatic rings. The molecule has 3 rings (SSSR count). The Labute approximate surface area is 138 Å². The van der Waals surface area contributed by atoms with E-state index in [4.69, 9.17) is 0 Å². The summed E-state index contributed by atoms with van der Waals surface area (Å²) in [6.45, 7) is 3.81. The SMILES string of the molecule is Cc1nn(C)c(C)c1NC(=O)CSc1ncnc2ccccc12. The number of hydrogen-bond donors (Lipinski definition) is 1. The molecule has 0 saturated heterocycles. The minimum Gasteiger partial charge on any atom is -0.322 e. The van der Waals surface area contributed by atoms with Crippen molar-refractivity contribution < 1.29 is 4.79 Å². The molecule has 6 nitrogen and oxygen atoms in total. The summed E-state index contributed by atoms with van der Waals surface area (Å²) >= 11 is 1.41. The van der Waals surface area contributed by atoms with Crippen LogP contribution in [0.25, 0.3) is 10.9 Å². The number of aryl methyl sites for hydroxylation is 2. The van der Waals surface area contributed by atoms with Crippen LogP contribution < -0.4 is 5.32 Å². The van der Waals surface area contributed by atoms with Crippen LogP contribution in [0.4, 0.5) is 5.69 Å². The normalized spacial score (nSPS) is 10.9. The third-order valence-corrected chi connectivity index (χ3v) is 4.62. The summed E-state index contributed by atoms with van der Waals surface area (Å²) < 4.78 is 1.76. The van der Waals surface area contributed by atoms with E-state index in [-0.39, 0.29) is 11.7 Å². The van der Waals surface area contributed by atoms with Crippen LogP contribution in [0.2, 0.25) is 0 Å². The molecule has 0 spiro atoms. The molecule has 118 valence electrons. The Kier molecular flexibility index (Phi) is 4.29. The van der Waals surface area contributed by atoms with Gasteiger partial charge in [0.2, 0.25) is 5.91 Å². The van der Waals surface area contributed by atoms with Crippen molar-refractivity contribution in [2.24, 2.45) is 7.05 Å². The van der Waals surface area contributed by atoms with Crippen LogP contribution in [0.5, 0.6) is 0 Å². The van der Waals surface area contributed by atoms with Gasteiger partial charge < -0.3 is 5.32 Å². The molecule has 0 unspecified atom stereocenters. The van der Waals surface area contributed by atoms with Crippen LogP contribution in [-0.4, -0.2) is 31.4 Å². The van der Waals surface area contributed by atoms with Crippen molar-refractivity contribution in [1.29, 1.82) is 0 Å². The summed E-state index contributed by atoms with van der Waals surface area (Å²) in [5.74, 6) is 0.214. The number of aromatic nitrogens is 4. The highest BCUT2D eigenvalue weighted by Gasteiger charge is 2.13. The zero-order valence-corrected chi connectivity index (χ0v) is 14.0. The van der Waals surface area contributed by atoms with Crippen molar-refractivity contribution >= 4 is 34.3 Å². The summed E-state index contributed by atoms with van der Waals surface area (Å²) in [7, 11) is 1.86. The van der Waals surface area contributed by atoms with Gasteiger partial charge >= 0.3 is 0 Å². The summed E-state index contributed by atoms with van der Waals surface area (Å²) in [4.78, 5) is 20.7. The molecular formula is C16H17N5OS. The Morgan fingerprint density at radius 3 is 2.78 bits per heavy atom. The molecule has 0 saturated carbocycles. The Bertz CT molecular complexity index is 869. The number of nitrogens with zero attached hydrogens (tertiary/aromatic N) is 4. The lowest BCUT2D eigenvalue weighted by molar-refractivity contribution is -0.113. The fourth-order valence-electron chi connectivity index (χ4n) is 2.36. The zero-order chi connectivity index (χ0) is 16.4. The first-order chi connectivity index (χ1) is 11.1. The van der Waals surface area contributed by atoms with E-state index in [0.29, 0.717) is 0 Å². The van der Waals surface area contributed by atoms with Gasteiger partial charge in [-0.05, 0) is 19.9 Å². The molecule has 7 heteroatoms. The maximum absolute atomic E-state index is 12.2. The van der Waals surface area contributed by atoms with Crippen molar-refractivity contribution in [1.82, 2.24) is 19.7 Å². The molecule has 0 atom stereocenters. The smallest absolute Gasteiger partial charge is 0.234 e. The molecule has 0 aliphatic rings. The molecule has 1 N–H and O–H groups in total. The van der Waals surface area contributed by atoms with Crippen molar-refractivity contribution in [2.75, 3.05) is 11.1 Å². The number of fused-ring (bicyclic) bond motifs is 1. The van der Waals surface area contributed by atoms with Crippen molar-refractivity contribution in [3.05, 3.63) is 42.0 Å². The van der Waals surface area contributed by atoms with Gasteiger partial charge in [-0.3, -0.25) is 9.48 Å². The number of hydrogen-bond acceptors (Lipinski definition) is 5. The molecule has 2 aromatic heterocycles. The lowest BCUT2D eigenvalue weighted by Crippen LogP contribution is -2.15. The van der Waals surface area contributed by atoms with Gasteiger partial charge in [-0.25, -0.2) is 9.97 Å². The standard InChI is InChI=1S/C16H17N5OS/c1-10-15(11(2)21(3)20-10)19-14(22)8-23-16-12-6-4-5-7-13(12)17-9-18-16/h4-7,9H,8H2,1-3H3,(H,19,22). The van der Waals surface area contributed by atoms with Crippen LogP contribution in [0.3, 0.4) is 0 Å². The predicted octanol–water partition coefficient (Wildman–Crippen LogP) is 2.71. The van der Waals surface area contributed by atoms with E-state index in [2.05, 4.69) is 20.4 Å². The van der Waals surface area contributed by atoms with E-state index in [1.807, 2.05) is 45.2 Å². The van der Waals surface area contributed by atoms with Gasteiger partial charge in [0, 0.05) is 12.4 Å². The van der Waals surface area contributed by atoms with Crippen LogP contribution in [0, 0.1) is 13.8 Å². The van der Waals surface area contributed by atoms with E-state index >= 15 is 0 Å². The molecule has 0 aliphatic heterocycles. The number of amides is 1. The lowest BCUT2D eigenvalue weighted by atomic mass is 10.2. The number of anilines is 1. The van der Waals surface area contributed by atoms with E-state index in [0.717, 1.165) is 33.0 Å². The second-order valence-electron chi connectivity index (χ2n) is 5.20. The fraction of sp³-hybridized carbons (Fsp3) is 0.250. The summed E-state index contributed by atoms with van der Waals surface area (Å²) in [5.41, 5.74) is 3.42. The average Bonchev–Trinajstić information content (AvgIpc) is 2.79. The molecule has 1 aromatic carbocycles. The van der Waals surface area contributed by atoms with E-state index in [1.165, 1.54) is 18.1 Å². The van der Waals surface area contributed by atoms with Crippen molar-refractivity contribution in [2.45, 2.75) is 18.9 Å². The van der Waals surface area contributed by atoms with E-state index in [9.17, 15) is 4.79 Å². The Balaban J connectivity index is 1.71. The number of thioether (sulfide) groups is 1. The predicted molar refractivity (Wildman–Crippen MR) is 91.6 cm³/mol. The largest absolute Gasteiger partial charge is 0.322 e. The number of carbonyl (C=O) groups excluding carboxylic acids is 1. The highest BCUT2D eigenvalue weighted by atomic mass is 32.2. The summed E-state index contributed by atoms with van der Waals surface area (Å²) in [6.07, 6.45) is 1.53. The topological polar surface area (TPSA) is 72.7 Å². The minimum atomic E-state index is -0.0723. The maximum Gasteiger partial charge on any atom is 0.234 e. The van der Waals surface area contributed by atoms with Gasteiger partial charge in [-0.15, -0.1) is 0 Å². The number of rotatable bonds is 4.